The van der Waals surface area contributed by atoms with Crippen LogP contribution in [0.15, 0.2) is 30.3 Å². The Labute approximate surface area is 125 Å². The number of ether oxygens (including phenoxy) is 2. The maximum atomic E-state index is 11.9. The van der Waals surface area contributed by atoms with Gasteiger partial charge in [0, 0.05) is 26.2 Å². The Balaban J connectivity index is 1.92. The minimum Gasteiger partial charge on any atom is -0.383 e. The second-order valence-corrected chi connectivity index (χ2v) is 5.41. The Bertz CT molecular complexity index is 438. The molecule has 1 heterocycles. The zero-order chi connectivity index (χ0) is 15.1. The Hall–Kier alpha value is -1.43. The van der Waals surface area contributed by atoms with Crippen LogP contribution in [0.1, 0.15) is 24.5 Å². The van der Waals surface area contributed by atoms with Crippen LogP contribution in [-0.2, 0) is 14.3 Å². The molecular formula is C16H24N2O3. The van der Waals surface area contributed by atoms with Crippen LogP contribution in [0.3, 0.4) is 0 Å². The quantitative estimate of drug-likeness (QED) is 0.827. The summed E-state index contributed by atoms with van der Waals surface area (Å²) in [4.78, 5) is 11.9. The summed E-state index contributed by atoms with van der Waals surface area (Å²) in [6.07, 6.45) is 2.10. The molecule has 0 aliphatic carbocycles. The Morgan fingerprint density at radius 3 is 2.95 bits per heavy atom. The van der Waals surface area contributed by atoms with E-state index in [1.54, 1.807) is 0 Å². The van der Waals surface area contributed by atoms with Gasteiger partial charge in [0.1, 0.15) is 6.04 Å². The Kier molecular flexibility index (Phi) is 6.17. The highest BCUT2D eigenvalue weighted by molar-refractivity contribution is 5.81. The molecule has 1 aromatic carbocycles. The molecule has 5 nitrogen and oxygen atoms in total. The van der Waals surface area contributed by atoms with Crippen molar-refractivity contribution in [2.24, 2.45) is 11.7 Å². The summed E-state index contributed by atoms with van der Waals surface area (Å²) in [5, 5.41) is 2.91. The highest BCUT2D eigenvalue weighted by Gasteiger charge is 2.28. The summed E-state index contributed by atoms with van der Waals surface area (Å²) in [5.74, 6) is 0.106. The molecule has 3 atom stereocenters. The third kappa shape index (κ3) is 4.52. The largest absolute Gasteiger partial charge is 0.383 e. The highest BCUT2D eigenvalue weighted by Crippen LogP contribution is 2.32. The molecule has 1 amide bonds. The van der Waals surface area contributed by atoms with E-state index >= 15 is 0 Å². The summed E-state index contributed by atoms with van der Waals surface area (Å²) in [6, 6.07) is 9.54. The van der Waals surface area contributed by atoms with E-state index in [0.29, 0.717) is 6.54 Å². The smallest absolute Gasteiger partial charge is 0.239 e. The summed E-state index contributed by atoms with van der Waals surface area (Å²) >= 11 is 0. The van der Waals surface area contributed by atoms with Gasteiger partial charge in [-0.3, -0.25) is 4.79 Å². The third-order valence-corrected chi connectivity index (χ3v) is 3.79. The van der Waals surface area contributed by atoms with Crippen molar-refractivity contribution in [1.82, 2.24) is 5.32 Å². The SMILES string of the molecule is COCC(N)C(=O)NCC1CCCOC1c1ccccc1. The van der Waals surface area contributed by atoms with E-state index in [2.05, 4.69) is 17.4 Å². The maximum Gasteiger partial charge on any atom is 0.239 e. The normalized spacial score (nSPS) is 23.5. The van der Waals surface area contributed by atoms with Gasteiger partial charge in [-0.25, -0.2) is 0 Å². The van der Waals surface area contributed by atoms with Gasteiger partial charge in [0.15, 0.2) is 0 Å². The number of carbonyl (C=O) groups excluding carboxylic acids is 1. The van der Waals surface area contributed by atoms with Crippen LogP contribution in [0, 0.1) is 5.92 Å². The van der Waals surface area contributed by atoms with Gasteiger partial charge in [0.05, 0.1) is 12.7 Å². The zero-order valence-electron chi connectivity index (χ0n) is 12.5. The van der Waals surface area contributed by atoms with Crippen molar-refractivity contribution in [3.05, 3.63) is 35.9 Å². The first-order valence-electron chi connectivity index (χ1n) is 7.41. The van der Waals surface area contributed by atoms with Crippen molar-refractivity contribution in [2.75, 3.05) is 26.9 Å². The van der Waals surface area contributed by atoms with E-state index in [-0.39, 0.29) is 24.5 Å². The van der Waals surface area contributed by atoms with Gasteiger partial charge < -0.3 is 20.5 Å². The third-order valence-electron chi connectivity index (χ3n) is 3.79. The van der Waals surface area contributed by atoms with Gasteiger partial charge in [-0.05, 0) is 18.4 Å². The Morgan fingerprint density at radius 2 is 2.24 bits per heavy atom. The number of hydrogen-bond donors (Lipinski definition) is 2. The molecule has 0 aromatic heterocycles. The van der Waals surface area contributed by atoms with E-state index < -0.39 is 6.04 Å². The van der Waals surface area contributed by atoms with Crippen molar-refractivity contribution in [3.8, 4) is 0 Å². The van der Waals surface area contributed by atoms with Crippen molar-refractivity contribution in [2.45, 2.75) is 25.0 Å². The van der Waals surface area contributed by atoms with Crippen LogP contribution in [0.25, 0.3) is 0 Å². The molecule has 1 aliphatic rings. The number of rotatable bonds is 6. The Morgan fingerprint density at radius 1 is 1.48 bits per heavy atom. The first-order chi connectivity index (χ1) is 10.2. The lowest BCUT2D eigenvalue weighted by Gasteiger charge is -2.32. The molecule has 0 spiro atoms. The number of carbonyl (C=O) groups is 1. The monoisotopic (exact) mass is 292 g/mol. The number of nitrogens with two attached hydrogens (primary N) is 1. The molecular weight excluding hydrogens is 268 g/mol. The van der Waals surface area contributed by atoms with Crippen LogP contribution in [0.5, 0.6) is 0 Å². The fourth-order valence-corrected chi connectivity index (χ4v) is 2.68. The molecule has 1 aromatic rings. The van der Waals surface area contributed by atoms with E-state index in [0.717, 1.165) is 25.0 Å². The minimum atomic E-state index is -0.616. The van der Waals surface area contributed by atoms with Gasteiger partial charge >= 0.3 is 0 Å². The van der Waals surface area contributed by atoms with Gasteiger partial charge in [0.2, 0.25) is 5.91 Å². The number of methoxy groups -OCH3 is 1. The van der Waals surface area contributed by atoms with Crippen LogP contribution < -0.4 is 11.1 Å². The average molecular weight is 292 g/mol. The fraction of sp³-hybridized carbons (Fsp3) is 0.562. The van der Waals surface area contributed by atoms with Gasteiger partial charge in [0.25, 0.3) is 0 Å². The number of benzene rings is 1. The van der Waals surface area contributed by atoms with Crippen molar-refractivity contribution in [3.63, 3.8) is 0 Å². The maximum absolute atomic E-state index is 11.9. The van der Waals surface area contributed by atoms with Gasteiger partial charge in [-0.2, -0.15) is 0 Å². The van der Waals surface area contributed by atoms with Crippen molar-refractivity contribution < 1.29 is 14.3 Å². The molecule has 1 saturated heterocycles. The molecule has 21 heavy (non-hydrogen) atoms. The lowest BCUT2D eigenvalue weighted by atomic mass is 9.89. The van der Waals surface area contributed by atoms with Crippen LogP contribution in [0.2, 0.25) is 0 Å². The van der Waals surface area contributed by atoms with Crippen molar-refractivity contribution >= 4 is 5.91 Å². The topological polar surface area (TPSA) is 73.6 Å². The summed E-state index contributed by atoms with van der Waals surface area (Å²) in [5.41, 5.74) is 6.89. The number of hydrogen-bond acceptors (Lipinski definition) is 4. The van der Waals surface area contributed by atoms with Gasteiger partial charge in [-0.15, -0.1) is 0 Å². The van der Waals surface area contributed by atoms with E-state index in [1.165, 1.54) is 7.11 Å². The molecule has 3 N–H and O–H groups in total. The molecule has 116 valence electrons. The van der Waals surface area contributed by atoms with Crippen LogP contribution >= 0.6 is 0 Å². The minimum absolute atomic E-state index is 0.0406. The van der Waals surface area contributed by atoms with Crippen LogP contribution in [-0.4, -0.2) is 38.8 Å². The zero-order valence-corrected chi connectivity index (χ0v) is 12.5. The lowest BCUT2D eigenvalue weighted by Crippen LogP contribution is -2.46. The molecule has 1 aliphatic heterocycles. The summed E-state index contributed by atoms with van der Waals surface area (Å²) in [6.45, 7) is 1.58. The molecule has 5 heteroatoms. The predicted molar refractivity (Wildman–Crippen MR) is 80.7 cm³/mol. The lowest BCUT2D eigenvalue weighted by molar-refractivity contribution is -0.124. The number of amides is 1. The summed E-state index contributed by atoms with van der Waals surface area (Å²) < 4.78 is 10.8. The number of nitrogens with one attached hydrogen (secondary N) is 1. The molecule has 3 unspecified atom stereocenters. The van der Waals surface area contributed by atoms with Crippen LogP contribution in [0.4, 0.5) is 0 Å². The predicted octanol–water partition coefficient (Wildman–Crippen LogP) is 1.24. The molecule has 0 radical (unpaired) electrons. The summed E-state index contributed by atoms with van der Waals surface area (Å²) in [7, 11) is 1.54. The second-order valence-electron chi connectivity index (χ2n) is 5.41. The standard InChI is InChI=1S/C16H24N2O3/c1-20-11-14(17)16(19)18-10-13-8-5-9-21-15(13)12-6-3-2-4-7-12/h2-4,6-7,13-15H,5,8-11,17H2,1H3,(H,18,19). The van der Waals surface area contributed by atoms with Crippen molar-refractivity contribution in [1.29, 1.82) is 0 Å². The van der Waals surface area contributed by atoms with E-state index in [1.807, 2.05) is 18.2 Å². The highest BCUT2D eigenvalue weighted by atomic mass is 16.5. The second kappa shape index (κ2) is 8.12. The molecule has 2 rings (SSSR count). The van der Waals surface area contributed by atoms with Gasteiger partial charge in [-0.1, -0.05) is 30.3 Å². The molecule has 0 bridgehead atoms. The first-order valence-corrected chi connectivity index (χ1v) is 7.41. The first kappa shape index (κ1) is 15.9. The molecule has 0 saturated carbocycles. The van der Waals surface area contributed by atoms with E-state index in [9.17, 15) is 4.79 Å². The average Bonchev–Trinajstić information content (AvgIpc) is 2.54. The fourth-order valence-electron chi connectivity index (χ4n) is 2.68. The van der Waals surface area contributed by atoms with E-state index in [4.69, 9.17) is 15.2 Å². The molecule has 1 fully saturated rings.